The summed E-state index contributed by atoms with van der Waals surface area (Å²) in [6, 6.07) is 15.5. The number of rotatable bonds is 6. The third kappa shape index (κ3) is 8.83. The van der Waals surface area contributed by atoms with Crippen LogP contribution in [0.15, 0.2) is 87.7 Å². The zero-order valence-corrected chi connectivity index (χ0v) is 40.0. The van der Waals surface area contributed by atoms with Gasteiger partial charge in [0.15, 0.2) is 0 Å². The summed E-state index contributed by atoms with van der Waals surface area (Å²) in [6.45, 7) is 6.04. The Hall–Kier alpha value is -3.27. The van der Waals surface area contributed by atoms with Gasteiger partial charge in [0, 0.05) is 45.5 Å². The van der Waals surface area contributed by atoms with E-state index in [9.17, 15) is 25.9 Å². The summed E-state index contributed by atoms with van der Waals surface area (Å²) < 4.78 is 77.1. The Kier molecular flexibility index (Phi) is 12.6. The first-order chi connectivity index (χ1) is 28.6. The smallest absolute Gasteiger partial charge is 0.744 e. The fourth-order valence-electron chi connectivity index (χ4n) is 8.83. The minimum Gasteiger partial charge on any atom is -0.744 e. The first kappa shape index (κ1) is 44.3. The SMILES string of the molecule is CC1CCc2c3c(cc(N=Nc4nc5ccc(Br)cc5s4)c2S(=O)(=O)[O-])CCCN31.CC1CCc2c3c(cc(N=Nc4nc5ccc(Br)cc5s4)c2S(=O)(=O)[O-])CCCN31.[Ni+2]. The number of benzene rings is 4. The number of nitrogens with zero attached hydrogens (tertiary/aromatic N) is 8. The molecular formula is C40H36Br2N8NiO6S4. The maximum Gasteiger partial charge on any atom is 2.00 e. The average molecular weight is 1070 g/mol. The van der Waals surface area contributed by atoms with Gasteiger partial charge in [-0.05, 0) is 136 Å². The molecule has 61 heavy (non-hydrogen) atoms. The van der Waals surface area contributed by atoms with Crippen molar-refractivity contribution >= 4 is 128 Å². The van der Waals surface area contributed by atoms with Crippen LogP contribution in [-0.2, 0) is 62.4 Å². The second-order valence-corrected chi connectivity index (χ2v) is 21.8. The van der Waals surface area contributed by atoms with Crippen LogP contribution in [0.1, 0.15) is 61.8 Å². The van der Waals surface area contributed by atoms with Gasteiger partial charge in [-0.15, -0.1) is 20.5 Å². The maximum atomic E-state index is 12.2. The Bertz CT molecular complexity index is 2820. The summed E-state index contributed by atoms with van der Waals surface area (Å²) in [5.74, 6) is 0. The van der Waals surface area contributed by atoms with Crippen molar-refractivity contribution in [3.63, 3.8) is 0 Å². The van der Waals surface area contributed by atoms with Gasteiger partial charge in [-0.3, -0.25) is 0 Å². The minimum absolute atomic E-state index is 0. The van der Waals surface area contributed by atoms with Gasteiger partial charge in [0.1, 0.15) is 31.6 Å². The van der Waals surface area contributed by atoms with E-state index in [1.54, 1.807) is 12.1 Å². The second kappa shape index (κ2) is 17.4. The molecule has 4 aliphatic heterocycles. The van der Waals surface area contributed by atoms with E-state index in [2.05, 4.69) is 85.9 Å². The van der Waals surface area contributed by atoms with Crippen molar-refractivity contribution in [1.82, 2.24) is 9.97 Å². The molecule has 2 unspecified atom stereocenters. The molecule has 21 heteroatoms. The van der Waals surface area contributed by atoms with E-state index in [1.165, 1.54) is 22.7 Å². The molecule has 320 valence electrons. The van der Waals surface area contributed by atoms with Crippen molar-refractivity contribution in [3.8, 4) is 0 Å². The molecule has 6 aromatic rings. The van der Waals surface area contributed by atoms with Crippen LogP contribution in [0, 0.1) is 0 Å². The Balaban J connectivity index is 0.000000166. The number of fused-ring (bicyclic) bond motifs is 2. The number of hydrogen-bond donors (Lipinski definition) is 0. The Labute approximate surface area is 387 Å². The average Bonchev–Trinajstić information content (AvgIpc) is 3.80. The summed E-state index contributed by atoms with van der Waals surface area (Å²) in [7, 11) is -9.41. The summed E-state index contributed by atoms with van der Waals surface area (Å²) >= 11 is 9.58. The van der Waals surface area contributed by atoms with Crippen molar-refractivity contribution in [1.29, 1.82) is 0 Å². The molecule has 14 nitrogen and oxygen atoms in total. The molecule has 2 atom stereocenters. The summed E-state index contributed by atoms with van der Waals surface area (Å²) in [6.07, 6.45) is 6.37. The molecule has 0 saturated carbocycles. The molecule has 4 aromatic carbocycles. The molecule has 0 radical (unpaired) electrons. The topological polar surface area (TPSA) is 196 Å². The normalized spacial score (nSPS) is 18.6. The van der Waals surface area contributed by atoms with Gasteiger partial charge < -0.3 is 18.9 Å². The van der Waals surface area contributed by atoms with Crippen LogP contribution < -0.4 is 9.80 Å². The fraction of sp³-hybridized carbons (Fsp3) is 0.350. The third-order valence-electron chi connectivity index (χ3n) is 11.4. The van der Waals surface area contributed by atoms with Gasteiger partial charge >= 0.3 is 16.5 Å². The standard InChI is InChI=1S/2C20H19BrN4O3S2.Ni/c2*1-11-4-6-14-18-12(3-2-8-25(11)18)9-16(19(14)30(26,27)28)23-24-20-22-15-7-5-13(21)10-17(15)29-20;/h2*5,7,9-11H,2-4,6,8H2,1H3,(H,26,27,28);/q;;+2/p-2. The van der Waals surface area contributed by atoms with Crippen molar-refractivity contribution in [2.45, 2.75) is 87.1 Å². The van der Waals surface area contributed by atoms with E-state index in [4.69, 9.17) is 0 Å². The molecule has 2 aromatic heterocycles. The van der Waals surface area contributed by atoms with Gasteiger partial charge in [0.2, 0.25) is 10.3 Å². The van der Waals surface area contributed by atoms with Crippen LogP contribution >= 0.6 is 54.5 Å². The van der Waals surface area contributed by atoms with Gasteiger partial charge in [0.25, 0.3) is 0 Å². The molecule has 0 N–H and O–H groups in total. The fourth-order valence-corrected chi connectivity index (χ4v) is 13.2. The number of halogens is 2. The number of anilines is 2. The number of aryl methyl sites for hydroxylation is 2. The van der Waals surface area contributed by atoms with Gasteiger partial charge in [-0.2, -0.15) is 0 Å². The number of thiazole rings is 2. The first-order valence-electron chi connectivity index (χ1n) is 19.4. The number of aromatic nitrogens is 2. The van der Waals surface area contributed by atoms with E-state index in [1.807, 2.05) is 36.4 Å². The summed E-state index contributed by atoms with van der Waals surface area (Å²) in [4.78, 5) is 12.9. The van der Waals surface area contributed by atoms with Crippen LogP contribution in [0.25, 0.3) is 20.4 Å². The van der Waals surface area contributed by atoms with Gasteiger partial charge in [0.05, 0.1) is 30.2 Å². The van der Waals surface area contributed by atoms with Crippen molar-refractivity contribution in [2.75, 3.05) is 22.9 Å². The van der Waals surface area contributed by atoms with Crippen molar-refractivity contribution in [2.24, 2.45) is 20.5 Å². The molecule has 0 aliphatic carbocycles. The van der Waals surface area contributed by atoms with Crippen LogP contribution in [-0.4, -0.2) is 61.1 Å². The van der Waals surface area contributed by atoms with E-state index in [0.717, 1.165) is 103 Å². The van der Waals surface area contributed by atoms with Crippen LogP contribution in [0.2, 0.25) is 0 Å². The van der Waals surface area contributed by atoms with Crippen LogP contribution in [0.4, 0.5) is 33.0 Å². The van der Waals surface area contributed by atoms with E-state index in [0.29, 0.717) is 46.3 Å². The quantitative estimate of drug-likeness (QED) is 0.0879. The van der Waals surface area contributed by atoms with Crippen LogP contribution in [0.3, 0.4) is 0 Å². The molecule has 0 saturated heterocycles. The molecule has 0 bridgehead atoms. The van der Waals surface area contributed by atoms with Crippen molar-refractivity contribution < 1.29 is 42.4 Å². The van der Waals surface area contributed by atoms with Crippen LogP contribution in [0.5, 0.6) is 0 Å². The minimum atomic E-state index is -4.70. The largest absolute Gasteiger partial charge is 2.00 e. The van der Waals surface area contributed by atoms with Crippen molar-refractivity contribution in [3.05, 3.63) is 79.7 Å². The molecule has 4 aliphatic rings. The third-order valence-corrected chi connectivity index (χ3v) is 16.1. The Morgan fingerprint density at radius 1 is 0.639 bits per heavy atom. The van der Waals surface area contributed by atoms with E-state index < -0.39 is 20.2 Å². The Morgan fingerprint density at radius 3 is 1.44 bits per heavy atom. The Morgan fingerprint density at radius 2 is 1.05 bits per heavy atom. The predicted octanol–water partition coefficient (Wildman–Crippen LogP) is 10.9. The first-order valence-corrected chi connectivity index (χ1v) is 25.4. The summed E-state index contributed by atoms with van der Waals surface area (Å²) in [5.41, 5.74) is 6.93. The number of hydrogen-bond acceptors (Lipinski definition) is 16. The van der Waals surface area contributed by atoms with Gasteiger partial charge in [-0.1, -0.05) is 54.5 Å². The number of azo groups is 2. The van der Waals surface area contributed by atoms with E-state index >= 15 is 0 Å². The second-order valence-electron chi connectivity index (χ2n) is 15.3. The predicted molar refractivity (Wildman–Crippen MR) is 239 cm³/mol. The zero-order valence-electron chi connectivity index (χ0n) is 32.6. The molecule has 0 fully saturated rings. The maximum absolute atomic E-state index is 12.2. The molecule has 10 rings (SSSR count). The van der Waals surface area contributed by atoms with Gasteiger partial charge in [-0.25, -0.2) is 26.8 Å². The monoisotopic (exact) mass is 1070 g/mol. The summed E-state index contributed by atoms with van der Waals surface area (Å²) in [5, 5.41) is 17.6. The molecule has 0 spiro atoms. The molecule has 0 amide bonds. The molecule has 6 heterocycles. The molecular weight excluding hydrogens is 1040 g/mol. The van der Waals surface area contributed by atoms with E-state index in [-0.39, 0.29) is 37.7 Å². The zero-order chi connectivity index (χ0) is 42.1.